The van der Waals surface area contributed by atoms with Crippen LogP contribution in [0.15, 0.2) is 41.7 Å². The quantitative estimate of drug-likeness (QED) is 0.207. The number of benzene rings is 1. The maximum Gasteiger partial charge on any atom is 0.341 e. The highest BCUT2D eigenvalue weighted by Gasteiger charge is 2.19. The summed E-state index contributed by atoms with van der Waals surface area (Å²) in [6, 6.07) is 9.06. The van der Waals surface area contributed by atoms with Crippen LogP contribution in [0.2, 0.25) is 0 Å². The van der Waals surface area contributed by atoms with Crippen LogP contribution in [0.3, 0.4) is 0 Å². The Morgan fingerprint density at radius 2 is 1.73 bits per heavy atom. The van der Waals surface area contributed by atoms with Crippen molar-refractivity contribution < 1.29 is 23.8 Å². The summed E-state index contributed by atoms with van der Waals surface area (Å²) in [5, 5.41) is 3.95. The van der Waals surface area contributed by atoms with Crippen molar-refractivity contribution in [3.8, 4) is 11.6 Å². The molecule has 0 saturated carbocycles. The molecule has 30 heavy (non-hydrogen) atoms. The predicted molar refractivity (Wildman–Crippen MR) is 118 cm³/mol. The Labute approximate surface area is 178 Å². The first-order chi connectivity index (χ1) is 14.4. The molecule has 0 aliphatic heterocycles. The van der Waals surface area contributed by atoms with Crippen LogP contribution in [0.1, 0.15) is 43.2 Å². The lowest BCUT2D eigenvalue weighted by Gasteiger charge is -2.15. The predicted octanol–water partition coefficient (Wildman–Crippen LogP) is 5.05. The largest absolute Gasteiger partial charge is 0.503 e. The van der Waals surface area contributed by atoms with Crippen LogP contribution >= 0.6 is 0 Å². The summed E-state index contributed by atoms with van der Waals surface area (Å²) in [6.07, 6.45) is 1.32. The van der Waals surface area contributed by atoms with Gasteiger partial charge in [-0.15, -0.1) is 0 Å². The zero-order valence-corrected chi connectivity index (χ0v) is 18.9. The third-order valence-electron chi connectivity index (χ3n) is 3.95. The average Bonchev–Trinajstić information content (AvgIpc) is 2.75. The van der Waals surface area contributed by atoms with Gasteiger partial charge in [-0.2, -0.15) is 0 Å². The fourth-order valence-electron chi connectivity index (χ4n) is 2.71. The van der Waals surface area contributed by atoms with Gasteiger partial charge in [0, 0.05) is 11.1 Å². The second-order valence-corrected chi connectivity index (χ2v) is 5.99. The highest BCUT2D eigenvalue weighted by atomic mass is 16.6. The number of hydrogen-bond donors (Lipinski definition) is 0. The molecule has 0 aliphatic carbocycles. The molecule has 0 saturated heterocycles. The summed E-state index contributed by atoms with van der Waals surface area (Å²) < 4.78 is 16.0. The van der Waals surface area contributed by atoms with E-state index in [9.17, 15) is 4.79 Å². The van der Waals surface area contributed by atoms with Crippen molar-refractivity contribution in [3.05, 3.63) is 59.0 Å². The highest BCUT2D eigenvalue weighted by molar-refractivity contribution is 6.17. The molecule has 0 atom stereocenters. The van der Waals surface area contributed by atoms with E-state index in [1.165, 1.54) is 27.6 Å². The van der Waals surface area contributed by atoms with E-state index in [0.717, 1.165) is 11.1 Å². The normalized spacial score (nSPS) is 11.2. The first-order valence-electron chi connectivity index (χ1n) is 9.57. The lowest BCUT2D eigenvalue weighted by Crippen LogP contribution is -2.08. The molecule has 1 aromatic carbocycles. The third kappa shape index (κ3) is 6.07. The lowest BCUT2D eigenvalue weighted by atomic mass is 10.1. The SMILES string of the molecule is CC.CO/C=C(\C(=O)OC)c1ccccc1Oc1nc(/C(C)=N\OC)c(C)cc1C. The second-order valence-electron chi connectivity index (χ2n) is 5.99. The standard InChI is InChI=1S/C21H24N2O5.C2H6/c1-13-11-14(2)20(22-19(13)15(3)23-27-6)28-18-10-8-7-9-16(18)17(12-25-4)21(24)26-5;1-2/h7-12H,1-6H3;1-2H3/b17-12-,23-15-;. The van der Waals surface area contributed by atoms with E-state index < -0.39 is 5.97 Å². The molecule has 0 fully saturated rings. The summed E-state index contributed by atoms with van der Waals surface area (Å²) in [6.45, 7) is 9.65. The molecule has 0 amide bonds. The molecular weight excluding hydrogens is 384 g/mol. The van der Waals surface area contributed by atoms with Gasteiger partial charge in [-0.25, -0.2) is 9.78 Å². The number of carbonyl (C=O) groups is 1. The molecular formula is C23H30N2O5. The summed E-state index contributed by atoms with van der Waals surface area (Å²) in [5.41, 5.74) is 3.86. The minimum absolute atomic E-state index is 0.239. The molecule has 0 radical (unpaired) electrons. The number of ether oxygens (including phenoxy) is 3. The van der Waals surface area contributed by atoms with Crippen molar-refractivity contribution in [1.82, 2.24) is 4.98 Å². The van der Waals surface area contributed by atoms with Gasteiger partial charge in [0.2, 0.25) is 5.88 Å². The molecule has 1 heterocycles. The van der Waals surface area contributed by atoms with E-state index in [1.54, 1.807) is 18.2 Å². The molecule has 0 spiro atoms. The smallest absolute Gasteiger partial charge is 0.341 e. The van der Waals surface area contributed by atoms with E-state index in [1.807, 2.05) is 46.8 Å². The fourth-order valence-corrected chi connectivity index (χ4v) is 2.71. The summed E-state index contributed by atoms with van der Waals surface area (Å²) in [5.74, 6) is 0.318. The number of para-hydroxylation sites is 1. The number of methoxy groups -OCH3 is 2. The minimum Gasteiger partial charge on any atom is -0.503 e. The fraction of sp³-hybridized carbons (Fsp3) is 0.348. The Kier molecular flexibility index (Phi) is 10.1. The number of aromatic nitrogens is 1. The number of hydrogen-bond acceptors (Lipinski definition) is 7. The van der Waals surface area contributed by atoms with Crippen molar-refractivity contribution >= 4 is 17.3 Å². The maximum atomic E-state index is 12.2. The van der Waals surface area contributed by atoms with Gasteiger partial charge < -0.3 is 19.0 Å². The molecule has 7 heteroatoms. The molecule has 0 N–H and O–H groups in total. The van der Waals surface area contributed by atoms with Crippen LogP contribution in [0, 0.1) is 13.8 Å². The van der Waals surface area contributed by atoms with Crippen molar-refractivity contribution in [1.29, 1.82) is 0 Å². The third-order valence-corrected chi connectivity index (χ3v) is 3.95. The van der Waals surface area contributed by atoms with Crippen molar-refractivity contribution in [2.45, 2.75) is 34.6 Å². The number of esters is 1. The van der Waals surface area contributed by atoms with Gasteiger partial charge in [-0.3, -0.25) is 0 Å². The number of pyridine rings is 1. The monoisotopic (exact) mass is 414 g/mol. The van der Waals surface area contributed by atoms with Gasteiger partial charge >= 0.3 is 5.97 Å². The van der Waals surface area contributed by atoms with Crippen LogP contribution in [-0.2, 0) is 19.1 Å². The Morgan fingerprint density at radius 1 is 1.07 bits per heavy atom. The van der Waals surface area contributed by atoms with Gasteiger partial charge in [-0.05, 0) is 38.5 Å². The van der Waals surface area contributed by atoms with E-state index in [-0.39, 0.29) is 5.57 Å². The van der Waals surface area contributed by atoms with Crippen LogP contribution in [0.4, 0.5) is 0 Å². The first-order valence-corrected chi connectivity index (χ1v) is 9.57. The molecule has 1 aromatic heterocycles. The molecule has 2 aromatic rings. The van der Waals surface area contributed by atoms with E-state index in [0.29, 0.717) is 28.6 Å². The second kappa shape index (κ2) is 12.3. The van der Waals surface area contributed by atoms with E-state index >= 15 is 0 Å². The van der Waals surface area contributed by atoms with Crippen LogP contribution in [0.5, 0.6) is 11.6 Å². The number of carbonyl (C=O) groups excluding carboxylic acids is 1. The molecule has 7 nitrogen and oxygen atoms in total. The van der Waals surface area contributed by atoms with Gasteiger partial charge in [0.15, 0.2) is 0 Å². The van der Waals surface area contributed by atoms with Crippen molar-refractivity contribution in [2.75, 3.05) is 21.3 Å². The Hall–Kier alpha value is -3.35. The van der Waals surface area contributed by atoms with Gasteiger partial charge in [0.25, 0.3) is 0 Å². The molecule has 0 bridgehead atoms. The molecule has 162 valence electrons. The first kappa shape index (κ1) is 24.7. The van der Waals surface area contributed by atoms with Gasteiger partial charge in [0.05, 0.1) is 26.2 Å². The van der Waals surface area contributed by atoms with E-state index in [4.69, 9.17) is 19.0 Å². The molecule has 0 unspecified atom stereocenters. The number of aryl methyl sites for hydroxylation is 2. The summed E-state index contributed by atoms with van der Waals surface area (Å²) >= 11 is 0. The number of rotatable bonds is 7. The number of nitrogens with zero attached hydrogens (tertiary/aromatic N) is 2. The number of oxime groups is 1. The molecule has 2 rings (SSSR count). The van der Waals surface area contributed by atoms with E-state index in [2.05, 4.69) is 10.1 Å². The lowest BCUT2D eigenvalue weighted by molar-refractivity contribution is -0.133. The zero-order chi connectivity index (χ0) is 22.7. The Bertz CT molecular complexity index is 920. The maximum absolute atomic E-state index is 12.2. The van der Waals surface area contributed by atoms with Crippen LogP contribution in [-0.4, -0.2) is 38.0 Å². The molecule has 0 aliphatic rings. The van der Waals surface area contributed by atoms with Crippen LogP contribution in [0.25, 0.3) is 5.57 Å². The average molecular weight is 415 g/mol. The Balaban J connectivity index is 0.00000218. The Morgan fingerprint density at radius 3 is 2.33 bits per heavy atom. The van der Waals surface area contributed by atoms with Crippen molar-refractivity contribution in [3.63, 3.8) is 0 Å². The minimum atomic E-state index is -0.532. The summed E-state index contributed by atoms with van der Waals surface area (Å²) in [4.78, 5) is 21.6. The summed E-state index contributed by atoms with van der Waals surface area (Å²) in [7, 11) is 4.25. The van der Waals surface area contributed by atoms with Gasteiger partial charge in [0.1, 0.15) is 24.1 Å². The van der Waals surface area contributed by atoms with Crippen LogP contribution < -0.4 is 4.74 Å². The van der Waals surface area contributed by atoms with Crippen molar-refractivity contribution in [2.24, 2.45) is 5.16 Å². The van der Waals surface area contributed by atoms with Gasteiger partial charge in [-0.1, -0.05) is 37.2 Å². The highest BCUT2D eigenvalue weighted by Crippen LogP contribution is 2.32. The topological polar surface area (TPSA) is 79.2 Å². The zero-order valence-electron chi connectivity index (χ0n) is 18.9.